The van der Waals surface area contributed by atoms with E-state index in [0.29, 0.717) is 48.2 Å². The van der Waals surface area contributed by atoms with Gasteiger partial charge in [0.25, 0.3) is 11.3 Å². The highest BCUT2D eigenvalue weighted by Gasteiger charge is 2.31. The molecular formula is C18H18F3N5O3. The fraction of sp³-hybridized carbons (Fsp3) is 0.389. The molecule has 1 aliphatic rings. The van der Waals surface area contributed by atoms with E-state index in [1.807, 2.05) is 4.90 Å². The van der Waals surface area contributed by atoms with Gasteiger partial charge >= 0.3 is 6.36 Å². The van der Waals surface area contributed by atoms with Crippen LogP contribution in [0.5, 0.6) is 11.5 Å². The number of hydrogen-bond acceptors (Lipinski definition) is 6. The Balaban J connectivity index is 1.47. The van der Waals surface area contributed by atoms with E-state index in [1.165, 1.54) is 28.8 Å². The van der Waals surface area contributed by atoms with Crippen molar-refractivity contribution >= 4 is 11.5 Å². The maximum Gasteiger partial charge on any atom is 0.573 e. The number of rotatable bonds is 4. The summed E-state index contributed by atoms with van der Waals surface area (Å²) in [6, 6.07) is 5.24. The summed E-state index contributed by atoms with van der Waals surface area (Å²) in [7, 11) is 0. The molecule has 0 spiro atoms. The number of anilines is 1. The smallest absolute Gasteiger partial charge is 0.489 e. The van der Waals surface area contributed by atoms with E-state index < -0.39 is 6.36 Å². The van der Waals surface area contributed by atoms with Gasteiger partial charge in [-0.25, -0.2) is 4.98 Å². The number of aryl methyl sites for hydroxylation is 2. The molecule has 4 rings (SSSR count). The van der Waals surface area contributed by atoms with Crippen LogP contribution >= 0.6 is 0 Å². The van der Waals surface area contributed by atoms with Crippen LogP contribution in [0.3, 0.4) is 0 Å². The molecule has 1 aliphatic heterocycles. The number of aromatic nitrogens is 4. The van der Waals surface area contributed by atoms with Gasteiger partial charge in [-0.05, 0) is 38.1 Å². The fourth-order valence-corrected chi connectivity index (χ4v) is 3.42. The molecule has 0 amide bonds. The summed E-state index contributed by atoms with van der Waals surface area (Å²) in [5.41, 5.74) is 0.823. The van der Waals surface area contributed by atoms with E-state index >= 15 is 0 Å². The Morgan fingerprint density at radius 2 is 1.83 bits per heavy atom. The number of alkyl halides is 3. The third-order valence-electron chi connectivity index (χ3n) is 4.58. The van der Waals surface area contributed by atoms with Crippen LogP contribution in [0.25, 0.3) is 5.78 Å². The van der Waals surface area contributed by atoms with Crippen LogP contribution in [-0.2, 0) is 0 Å². The lowest BCUT2D eigenvalue weighted by molar-refractivity contribution is -0.274. The zero-order valence-corrected chi connectivity index (χ0v) is 15.7. The molecule has 0 aliphatic carbocycles. The number of aromatic amines is 1. The molecule has 0 bridgehead atoms. The molecule has 1 unspecified atom stereocenters. The highest BCUT2D eigenvalue weighted by molar-refractivity contribution is 5.52. The summed E-state index contributed by atoms with van der Waals surface area (Å²) in [6.45, 7) is 4.55. The van der Waals surface area contributed by atoms with Crippen LogP contribution in [0.15, 0.2) is 29.1 Å². The second kappa shape index (κ2) is 6.98. The number of H-pyrrole nitrogens is 1. The van der Waals surface area contributed by atoms with Crippen molar-refractivity contribution in [3.05, 3.63) is 46.1 Å². The number of fused-ring (bicyclic) bond motifs is 1. The number of hydrogen-bond donors (Lipinski definition) is 1. The second-order valence-corrected chi connectivity index (χ2v) is 6.79. The number of nitrogens with zero attached hydrogens (tertiary/aromatic N) is 4. The van der Waals surface area contributed by atoms with Crippen molar-refractivity contribution in [2.75, 3.05) is 18.0 Å². The van der Waals surface area contributed by atoms with Gasteiger partial charge in [0.2, 0.25) is 0 Å². The van der Waals surface area contributed by atoms with Crippen molar-refractivity contribution in [3.8, 4) is 11.5 Å². The van der Waals surface area contributed by atoms with Crippen molar-refractivity contribution < 1.29 is 22.6 Å². The monoisotopic (exact) mass is 409 g/mol. The molecule has 0 saturated carbocycles. The summed E-state index contributed by atoms with van der Waals surface area (Å²) in [5, 5.41) is 2.87. The lowest BCUT2D eigenvalue weighted by Gasteiger charge is -2.19. The predicted octanol–water partition coefficient (Wildman–Crippen LogP) is 2.59. The van der Waals surface area contributed by atoms with Crippen molar-refractivity contribution in [1.82, 2.24) is 19.6 Å². The zero-order valence-electron chi connectivity index (χ0n) is 15.7. The van der Waals surface area contributed by atoms with Gasteiger partial charge in [0.15, 0.2) is 0 Å². The normalized spacial score (nSPS) is 17.1. The minimum atomic E-state index is -4.73. The van der Waals surface area contributed by atoms with Crippen LogP contribution in [-0.4, -0.2) is 45.1 Å². The van der Waals surface area contributed by atoms with Gasteiger partial charge in [-0.1, -0.05) is 0 Å². The highest BCUT2D eigenvalue weighted by atomic mass is 19.4. The maximum atomic E-state index is 12.8. The Hall–Kier alpha value is -3.24. The van der Waals surface area contributed by atoms with Gasteiger partial charge < -0.3 is 14.4 Å². The van der Waals surface area contributed by atoms with Gasteiger partial charge in [-0.15, -0.1) is 13.2 Å². The van der Waals surface area contributed by atoms with Crippen LogP contribution in [0.1, 0.15) is 17.9 Å². The molecule has 8 nitrogen and oxygen atoms in total. The SMILES string of the molecule is Cc1nc2nc(C)c(N3CCC(Oc4ccc(OC(F)(F)F)cc4)C3)c(=O)n2[nH]1. The molecule has 29 heavy (non-hydrogen) atoms. The van der Waals surface area contributed by atoms with Gasteiger partial charge in [-0.3, -0.25) is 9.89 Å². The Kier molecular flexibility index (Phi) is 4.59. The van der Waals surface area contributed by atoms with Gasteiger partial charge in [-0.2, -0.15) is 9.50 Å². The molecule has 1 N–H and O–H groups in total. The summed E-state index contributed by atoms with van der Waals surface area (Å²) >= 11 is 0. The Bertz CT molecular complexity index is 1090. The van der Waals surface area contributed by atoms with Crippen LogP contribution in [0, 0.1) is 13.8 Å². The van der Waals surface area contributed by atoms with Crippen LogP contribution in [0.2, 0.25) is 0 Å². The molecule has 11 heteroatoms. The molecule has 1 aromatic carbocycles. The summed E-state index contributed by atoms with van der Waals surface area (Å²) in [5.74, 6) is 1.03. The van der Waals surface area contributed by atoms with E-state index in [1.54, 1.807) is 13.8 Å². The molecule has 1 atom stereocenters. The van der Waals surface area contributed by atoms with Gasteiger partial charge in [0, 0.05) is 13.0 Å². The molecule has 1 fully saturated rings. The van der Waals surface area contributed by atoms with E-state index in [0.717, 1.165) is 0 Å². The number of ether oxygens (including phenoxy) is 2. The van der Waals surface area contributed by atoms with Gasteiger partial charge in [0.1, 0.15) is 29.1 Å². The number of benzene rings is 1. The molecule has 1 saturated heterocycles. The topological polar surface area (TPSA) is 84.8 Å². The minimum absolute atomic E-state index is 0.215. The average Bonchev–Trinajstić information content (AvgIpc) is 3.22. The summed E-state index contributed by atoms with van der Waals surface area (Å²) in [6.07, 6.45) is -4.29. The minimum Gasteiger partial charge on any atom is -0.489 e. The Labute approximate surface area is 162 Å². The third kappa shape index (κ3) is 3.98. The first-order valence-corrected chi connectivity index (χ1v) is 8.93. The standard InChI is InChI=1S/C18H18F3N5O3/c1-10-15(16(27)26-17(22-10)23-11(2)24-26)25-8-7-14(9-25)28-12-3-5-13(6-4-12)29-18(19,20)21/h3-6,14H,7-9H2,1-2H3,(H,22,23,24). The van der Waals surface area contributed by atoms with E-state index in [2.05, 4.69) is 19.8 Å². The second-order valence-electron chi connectivity index (χ2n) is 6.79. The molecule has 154 valence electrons. The molecular weight excluding hydrogens is 391 g/mol. The van der Waals surface area contributed by atoms with E-state index in [9.17, 15) is 18.0 Å². The average molecular weight is 409 g/mol. The van der Waals surface area contributed by atoms with Gasteiger partial charge in [0.05, 0.1) is 12.2 Å². The summed E-state index contributed by atoms with van der Waals surface area (Å²) < 4.78 is 47.7. The van der Waals surface area contributed by atoms with Crippen molar-refractivity contribution in [3.63, 3.8) is 0 Å². The van der Waals surface area contributed by atoms with Crippen LogP contribution < -0.4 is 19.9 Å². The number of halogens is 3. The molecule has 0 radical (unpaired) electrons. The lowest BCUT2D eigenvalue weighted by Crippen LogP contribution is -2.32. The largest absolute Gasteiger partial charge is 0.573 e. The summed E-state index contributed by atoms with van der Waals surface area (Å²) in [4.78, 5) is 23.3. The zero-order chi connectivity index (χ0) is 20.8. The van der Waals surface area contributed by atoms with E-state index in [4.69, 9.17) is 4.74 Å². The third-order valence-corrected chi connectivity index (χ3v) is 4.58. The Morgan fingerprint density at radius 3 is 2.52 bits per heavy atom. The first kappa shape index (κ1) is 19.1. The maximum absolute atomic E-state index is 12.8. The first-order chi connectivity index (χ1) is 13.7. The fourth-order valence-electron chi connectivity index (χ4n) is 3.42. The van der Waals surface area contributed by atoms with Crippen molar-refractivity contribution in [1.29, 1.82) is 0 Å². The van der Waals surface area contributed by atoms with Crippen molar-refractivity contribution in [2.45, 2.75) is 32.7 Å². The Morgan fingerprint density at radius 1 is 1.14 bits per heavy atom. The molecule has 3 aromatic rings. The van der Waals surface area contributed by atoms with Crippen molar-refractivity contribution in [2.24, 2.45) is 0 Å². The lowest BCUT2D eigenvalue weighted by atomic mass is 10.3. The highest BCUT2D eigenvalue weighted by Crippen LogP contribution is 2.27. The molecule has 2 aromatic heterocycles. The van der Waals surface area contributed by atoms with E-state index in [-0.39, 0.29) is 17.4 Å². The molecule has 3 heterocycles. The van der Waals surface area contributed by atoms with Crippen LogP contribution in [0.4, 0.5) is 18.9 Å². The quantitative estimate of drug-likeness (QED) is 0.713. The first-order valence-electron chi connectivity index (χ1n) is 8.93. The number of nitrogens with one attached hydrogen (secondary N) is 1. The predicted molar refractivity (Wildman–Crippen MR) is 97.5 cm³/mol.